The van der Waals surface area contributed by atoms with E-state index in [2.05, 4.69) is 6.58 Å². The van der Waals surface area contributed by atoms with Crippen LogP contribution >= 0.6 is 0 Å². The van der Waals surface area contributed by atoms with Crippen LogP contribution in [0.4, 0.5) is 0 Å². The summed E-state index contributed by atoms with van der Waals surface area (Å²) in [6, 6.07) is 6.07. The van der Waals surface area contributed by atoms with Crippen LogP contribution in [0.5, 0.6) is 5.75 Å². The van der Waals surface area contributed by atoms with Gasteiger partial charge in [0.1, 0.15) is 12.4 Å². The van der Waals surface area contributed by atoms with Crippen LogP contribution in [0, 0.1) is 0 Å². The highest BCUT2D eigenvalue weighted by molar-refractivity contribution is 7.89. The van der Waals surface area contributed by atoms with Crippen molar-refractivity contribution in [3.8, 4) is 5.75 Å². The average Bonchev–Trinajstić information content (AvgIpc) is 2.37. The number of aliphatic hydroxyl groups is 1. The fourth-order valence-corrected chi connectivity index (χ4v) is 2.47. The second-order valence-corrected chi connectivity index (χ2v) is 5.66. The summed E-state index contributed by atoms with van der Waals surface area (Å²) in [5, 5.41) is 8.61. The van der Waals surface area contributed by atoms with E-state index >= 15 is 0 Å². The normalized spacial score (nSPS) is 11.5. The minimum absolute atomic E-state index is 0.0812. The van der Waals surface area contributed by atoms with Gasteiger partial charge in [-0.25, -0.2) is 8.42 Å². The van der Waals surface area contributed by atoms with Gasteiger partial charge in [-0.15, -0.1) is 6.58 Å². The van der Waals surface area contributed by atoms with Crippen LogP contribution < -0.4 is 4.74 Å². The fraction of sp³-hybridized carbons (Fsp3) is 0.333. The monoisotopic (exact) mass is 271 g/mol. The van der Waals surface area contributed by atoms with Crippen molar-refractivity contribution in [1.29, 1.82) is 0 Å². The predicted molar refractivity (Wildman–Crippen MR) is 69.0 cm³/mol. The molecule has 0 saturated heterocycles. The second kappa shape index (κ2) is 6.53. The Kier molecular flexibility index (Phi) is 5.33. The summed E-state index contributed by atoms with van der Waals surface area (Å²) in [6.07, 6.45) is 1.52. The molecule has 100 valence electrons. The Hall–Kier alpha value is -1.37. The quantitative estimate of drug-likeness (QED) is 0.747. The SMILES string of the molecule is C=CCN(C)S(=O)(=O)c1ccc(OCCO)cc1. The Balaban J connectivity index is 2.87. The number of sulfonamides is 1. The van der Waals surface area contributed by atoms with Gasteiger partial charge < -0.3 is 9.84 Å². The van der Waals surface area contributed by atoms with E-state index in [0.29, 0.717) is 5.75 Å². The van der Waals surface area contributed by atoms with Crippen molar-refractivity contribution in [3.05, 3.63) is 36.9 Å². The van der Waals surface area contributed by atoms with Crippen molar-refractivity contribution in [3.63, 3.8) is 0 Å². The molecule has 0 atom stereocenters. The van der Waals surface area contributed by atoms with Gasteiger partial charge in [-0.05, 0) is 24.3 Å². The number of benzene rings is 1. The lowest BCUT2D eigenvalue weighted by Gasteiger charge is -2.15. The molecule has 0 saturated carbocycles. The van der Waals surface area contributed by atoms with E-state index in [0.717, 1.165) is 0 Å². The average molecular weight is 271 g/mol. The minimum atomic E-state index is -3.48. The van der Waals surface area contributed by atoms with Crippen LogP contribution in [-0.4, -0.2) is 44.6 Å². The minimum Gasteiger partial charge on any atom is -0.491 e. The summed E-state index contributed by atoms with van der Waals surface area (Å²) in [5.74, 6) is 0.523. The first-order chi connectivity index (χ1) is 8.52. The van der Waals surface area contributed by atoms with Crippen LogP contribution in [0.1, 0.15) is 0 Å². The zero-order valence-corrected chi connectivity index (χ0v) is 11.1. The van der Waals surface area contributed by atoms with E-state index in [1.54, 1.807) is 12.1 Å². The van der Waals surface area contributed by atoms with Crippen LogP contribution in [0.2, 0.25) is 0 Å². The first-order valence-electron chi connectivity index (χ1n) is 5.43. The van der Waals surface area contributed by atoms with Gasteiger partial charge in [0, 0.05) is 13.6 Å². The molecule has 1 N–H and O–H groups in total. The zero-order chi connectivity index (χ0) is 13.6. The summed E-state index contributed by atoms with van der Waals surface area (Å²) in [4.78, 5) is 0.197. The van der Waals surface area contributed by atoms with Gasteiger partial charge >= 0.3 is 0 Å². The molecule has 0 heterocycles. The van der Waals surface area contributed by atoms with Gasteiger partial charge in [0.15, 0.2) is 0 Å². The first kappa shape index (κ1) is 14.7. The molecule has 0 spiro atoms. The maximum atomic E-state index is 12.0. The largest absolute Gasteiger partial charge is 0.491 e. The molecule has 18 heavy (non-hydrogen) atoms. The molecular weight excluding hydrogens is 254 g/mol. The number of rotatable bonds is 7. The molecule has 0 aliphatic carbocycles. The van der Waals surface area contributed by atoms with E-state index in [4.69, 9.17) is 9.84 Å². The van der Waals surface area contributed by atoms with Gasteiger partial charge in [0.25, 0.3) is 0 Å². The third kappa shape index (κ3) is 3.56. The third-order valence-corrected chi connectivity index (χ3v) is 4.12. The van der Waals surface area contributed by atoms with Crippen LogP contribution in [-0.2, 0) is 10.0 Å². The molecule has 1 aromatic carbocycles. The highest BCUT2D eigenvalue weighted by Crippen LogP contribution is 2.18. The number of likely N-dealkylation sites (N-methyl/N-ethyl adjacent to an activating group) is 1. The van der Waals surface area contributed by atoms with Crippen molar-refractivity contribution in [2.45, 2.75) is 4.90 Å². The van der Waals surface area contributed by atoms with Crippen LogP contribution in [0.25, 0.3) is 0 Å². The lowest BCUT2D eigenvalue weighted by atomic mass is 10.3. The smallest absolute Gasteiger partial charge is 0.243 e. The van der Waals surface area contributed by atoms with Gasteiger partial charge in [-0.1, -0.05) is 6.08 Å². The van der Waals surface area contributed by atoms with E-state index in [-0.39, 0.29) is 24.7 Å². The Labute approximate surface area is 107 Å². The zero-order valence-electron chi connectivity index (χ0n) is 10.2. The molecule has 0 unspecified atom stereocenters. The van der Waals surface area contributed by atoms with Gasteiger partial charge in [0.05, 0.1) is 11.5 Å². The summed E-state index contributed by atoms with van der Waals surface area (Å²) in [5.41, 5.74) is 0. The van der Waals surface area contributed by atoms with E-state index in [9.17, 15) is 8.42 Å². The standard InChI is InChI=1S/C12H17NO4S/c1-3-8-13(2)18(15,16)12-6-4-11(5-7-12)17-10-9-14/h3-7,14H,1,8-10H2,2H3. The van der Waals surface area contributed by atoms with Crippen molar-refractivity contribution in [1.82, 2.24) is 4.31 Å². The number of aliphatic hydroxyl groups excluding tert-OH is 1. The third-order valence-electron chi connectivity index (χ3n) is 2.28. The molecular formula is C12H17NO4S. The number of ether oxygens (including phenoxy) is 1. The van der Waals surface area contributed by atoms with E-state index < -0.39 is 10.0 Å². The Morgan fingerprint density at radius 3 is 2.50 bits per heavy atom. The molecule has 5 nitrogen and oxygen atoms in total. The lowest BCUT2D eigenvalue weighted by molar-refractivity contribution is 0.201. The van der Waals surface area contributed by atoms with Crippen molar-refractivity contribution < 1.29 is 18.3 Å². The van der Waals surface area contributed by atoms with Gasteiger partial charge in [-0.2, -0.15) is 4.31 Å². The summed E-state index contributed by atoms with van der Waals surface area (Å²) in [6.45, 7) is 3.86. The fourth-order valence-electron chi connectivity index (χ4n) is 1.33. The topological polar surface area (TPSA) is 66.8 Å². The second-order valence-electron chi connectivity index (χ2n) is 3.62. The summed E-state index contributed by atoms with van der Waals surface area (Å²) in [7, 11) is -1.99. The van der Waals surface area contributed by atoms with E-state index in [1.165, 1.54) is 29.6 Å². The van der Waals surface area contributed by atoms with Gasteiger partial charge in [-0.3, -0.25) is 0 Å². The molecule has 0 aliphatic rings. The maximum Gasteiger partial charge on any atom is 0.243 e. The van der Waals surface area contributed by atoms with Gasteiger partial charge in [0.2, 0.25) is 10.0 Å². The van der Waals surface area contributed by atoms with E-state index in [1.807, 2.05) is 0 Å². The molecule has 0 bridgehead atoms. The molecule has 6 heteroatoms. The molecule has 0 fully saturated rings. The Morgan fingerprint density at radius 2 is 2.00 bits per heavy atom. The van der Waals surface area contributed by atoms with Crippen molar-refractivity contribution >= 4 is 10.0 Å². The summed E-state index contributed by atoms with van der Waals surface area (Å²) >= 11 is 0. The van der Waals surface area contributed by atoms with Crippen molar-refractivity contribution in [2.75, 3.05) is 26.8 Å². The highest BCUT2D eigenvalue weighted by Gasteiger charge is 2.19. The number of hydrogen-bond donors (Lipinski definition) is 1. The molecule has 0 radical (unpaired) electrons. The first-order valence-corrected chi connectivity index (χ1v) is 6.87. The lowest BCUT2D eigenvalue weighted by Crippen LogP contribution is -2.26. The maximum absolute atomic E-state index is 12.0. The molecule has 0 aliphatic heterocycles. The van der Waals surface area contributed by atoms with Crippen LogP contribution in [0.3, 0.4) is 0 Å². The molecule has 1 rings (SSSR count). The summed E-state index contributed by atoms with van der Waals surface area (Å²) < 4.78 is 30.5. The predicted octanol–water partition coefficient (Wildman–Crippen LogP) is 0.864. The molecule has 0 aromatic heterocycles. The Morgan fingerprint density at radius 1 is 1.39 bits per heavy atom. The number of nitrogens with zero attached hydrogens (tertiary/aromatic N) is 1. The highest BCUT2D eigenvalue weighted by atomic mass is 32.2. The molecule has 1 aromatic rings. The van der Waals surface area contributed by atoms with Crippen LogP contribution in [0.15, 0.2) is 41.8 Å². The number of hydrogen-bond acceptors (Lipinski definition) is 4. The Bertz CT molecular complexity index is 481. The van der Waals surface area contributed by atoms with Crippen molar-refractivity contribution in [2.24, 2.45) is 0 Å². The molecule has 0 amide bonds.